The van der Waals surface area contributed by atoms with Crippen LogP contribution in [-0.2, 0) is 4.79 Å². The number of carbonyl (C=O) groups excluding carboxylic acids is 1. The van der Waals surface area contributed by atoms with Gasteiger partial charge < -0.3 is 11.1 Å². The summed E-state index contributed by atoms with van der Waals surface area (Å²) in [5, 5.41) is 3.04. The van der Waals surface area contributed by atoms with Gasteiger partial charge in [-0.05, 0) is 25.0 Å². The van der Waals surface area contributed by atoms with E-state index in [-0.39, 0.29) is 5.91 Å². The first kappa shape index (κ1) is 11.9. The molecular weight excluding hydrogens is 196 g/mol. The number of hydrogen-bond donors (Lipinski definition) is 2. The minimum Gasteiger partial charge on any atom is -0.351 e. The number of rotatable bonds is 4. The average Bonchev–Trinajstić information content (AvgIpc) is 2.69. The van der Waals surface area contributed by atoms with Gasteiger partial charge in [0.15, 0.2) is 0 Å². The molecule has 0 aromatic heterocycles. The van der Waals surface area contributed by atoms with Crippen molar-refractivity contribution in [3.05, 3.63) is 0 Å². The molecule has 1 unspecified atom stereocenters. The smallest absolute Gasteiger partial charge is 0.240 e. The second-order valence-electron chi connectivity index (χ2n) is 3.90. The third kappa shape index (κ3) is 2.64. The number of thioether (sulfide) groups is 1. The van der Waals surface area contributed by atoms with E-state index in [2.05, 4.69) is 5.32 Å². The zero-order valence-electron chi connectivity index (χ0n) is 9.01. The highest BCUT2D eigenvalue weighted by molar-refractivity contribution is 7.99. The molecule has 82 valence electrons. The van der Waals surface area contributed by atoms with Crippen molar-refractivity contribution in [3.8, 4) is 0 Å². The quantitative estimate of drug-likeness (QED) is 0.740. The van der Waals surface area contributed by atoms with E-state index in [4.69, 9.17) is 5.73 Å². The van der Waals surface area contributed by atoms with Crippen LogP contribution >= 0.6 is 11.8 Å². The minimum atomic E-state index is -0.659. The van der Waals surface area contributed by atoms with E-state index < -0.39 is 5.54 Å². The topological polar surface area (TPSA) is 55.1 Å². The molecule has 1 amide bonds. The highest BCUT2D eigenvalue weighted by atomic mass is 32.2. The van der Waals surface area contributed by atoms with Gasteiger partial charge in [-0.25, -0.2) is 0 Å². The highest BCUT2D eigenvalue weighted by Crippen LogP contribution is 2.19. The molecular formula is C10H20N2OS. The van der Waals surface area contributed by atoms with Crippen molar-refractivity contribution >= 4 is 17.7 Å². The molecule has 4 heteroatoms. The summed E-state index contributed by atoms with van der Waals surface area (Å²) in [7, 11) is 0. The highest BCUT2D eigenvalue weighted by Gasteiger charge is 2.31. The van der Waals surface area contributed by atoms with E-state index in [1.54, 1.807) is 0 Å². The van der Waals surface area contributed by atoms with Crippen LogP contribution in [0.1, 0.15) is 33.1 Å². The van der Waals surface area contributed by atoms with Crippen molar-refractivity contribution in [3.63, 3.8) is 0 Å². The van der Waals surface area contributed by atoms with Gasteiger partial charge in [0.1, 0.15) is 0 Å². The molecule has 1 fully saturated rings. The molecule has 1 aliphatic heterocycles. The van der Waals surface area contributed by atoms with Crippen LogP contribution in [0.15, 0.2) is 0 Å². The molecule has 0 spiro atoms. The number of nitrogens with one attached hydrogen (secondary N) is 1. The van der Waals surface area contributed by atoms with E-state index in [1.165, 1.54) is 0 Å². The summed E-state index contributed by atoms with van der Waals surface area (Å²) >= 11 is 1.89. The van der Waals surface area contributed by atoms with Gasteiger partial charge in [0.2, 0.25) is 5.91 Å². The van der Waals surface area contributed by atoms with Gasteiger partial charge in [-0.15, -0.1) is 0 Å². The third-order valence-electron chi connectivity index (χ3n) is 2.98. The Kier molecular flexibility index (Phi) is 4.26. The van der Waals surface area contributed by atoms with E-state index >= 15 is 0 Å². The van der Waals surface area contributed by atoms with Crippen LogP contribution < -0.4 is 11.1 Å². The number of nitrogens with two attached hydrogens (primary N) is 1. The molecule has 14 heavy (non-hydrogen) atoms. The van der Waals surface area contributed by atoms with Crippen LogP contribution in [0, 0.1) is 0 Å². The van der Waals surface area contributed by atoms with Gasteiger partial charge in [-0.3, -0.25) is 4.79 Å². The Labute approximate surface area is 90.2 Å². The fourth-order valence-corrected chi connectivity index (χ4v) is 2.70. The Morgan fingerprint density at radius 1 is 1.57 bits per heavy atom. The summed E-state index contributed by atoms with van der Waals surface area (Å²) in [5.74, 6) is 2.21. The van der Waals surface area contributed by atoms with Crippen molar-refractivity contribution in [2.45, 2.75) is 44.7 Å². The molecule has 3 nitrogen and oxygen atoms in total. The monoisotopic (exact) mass is 216 g/mol. The maximum atomic E-state index is 11.8. The third-order valence-corrected chi connectivity index (χ3v) is 4.14. The van der Waals surface area contributed by atoms with Crippen LogP contribution in [0.25, 0.3) is 0 Å². The molecule has 0 bridgehead atoms. The summed E-state index contributed by atoms with van der Waals surface area (Å²) in [4.78, 5) is 11.8. The lowest BCUT2D eigenvalue weighted by Crippen LogP contribution is -2.55. The largest absolute Gasteiger partial charge is 0.351 e. The summed E-state index contributed by atoms with van der Waals surface area (Å²) in [6.07, 6.45) is 2.49. The molecule has 1 saturated heterocycles. The molecule has 1 rings (SSSR count). The fourth-order valence-electron chi connectivity index (χ4n) is 1.55. The molecule has 0 aromatic rings. The second-order valence-corrected chi connectivity index (χ2v) is 5.05. The second kappa shape index (κ2) is 5.03. The zero-order valence-corrected chi connectivity index (χ0v) is 9.82. The van der Waals surface area contributed by atoms with Crippen molar-refractivity contribution < 1.29 is 4.79 Å². The molecule has 1 atom stereocenters. The minimum absolute atomic E-state index is 0.0231. The lowest BCUT2D eigenvalue weighted by atomic mass is 9.93. The fraction of sp³-hybridized carbons (Fsp3) is 0.900. The van der Waals surface area contributed by atoms with Gasteiger partial charge in [0, 0.05) is 11.8 Å². The maximum absolute atomic E-state index is 11.8. The molecule has 1 aliphatic rings. The SMILES string of the molecule is CCC(N)(CC)C(=O)NC1CCSC1. The van der Waals surface area contributed by atoms with Crippen molar-refractivity contribution in [1.82, 2.24) is 5.32 Å². The number of amides is 1. The van der Waals surface area contributed by atoms with Crippen molar-refractivity contribution in [1.29, 1.82) is 0 Å². The lowest BCUT2D eigenvalue weighted by Gasteiger charge is -2.27. The predicted molar refractivity (Wildman–Crippen MR) is 61.4 cm³/mol. The van der Waals surface area contributed by atoms with Gasteiger partial charge in [-0.2, -0.15) is 11.8 Å². The maximum Gasteiger partial charge on any atom is 0.240 e. The number of hydrogen-bond acceptors (Lipinski definition) is 3. The molecule has 0 radical (unpaired) electrons. The van der Waals surface area contributed by atoms with E-state index in [0.717, 1.165) is 17.9 Å². The zero-order chi connectivity index (χ0) is 10.6. The van der Waals surface area contributed by atoms with Crippen LogP contribution in [0.3, 0.4) is 0 Å². The first-order valence-electron chi connectivity index (χ1n) is 5.30. The Morgan fingerprint density at radius 2 is 2.21 bits per heavy atom. The van der Waals surface area contributed by atoms with Gasteiger partial charge in [0.25, 0.3) is 0 Å². The van der Waals surface area contributed by atoms with Crippen LogP contribution in [0.4, 0.5) is 0 Å². The predicted octanol–water partition coefficient (Wildman–Crippen LogP) is 1.13. The summed E-state index contributed by atoms with van der Waals surface area (Å²) in [6, 6.07) is 0.341. The first-order valence-corrected chi connectivity index (χ1v) is 6.45. The summed E-state index contributed by atoms with van der Waals surface area (Å²) in [5.41, 5.74) is 5.34. The van der Waals surface area contributed by atoms with Gasteiger partial charge in [0.05, 0.1) is 5.54 Å². The normalized spacial score (nSPS) is 22.4. The van der Waals surface area contributed by atoms with Crippen molar-refractivity contribution in [2.24, 2.45) is 5.73 Å². The Bertz CT molecular complexity index is 198. The summed E-state index contributed by atoms with van der Waals surface area (Å²) in [6.45, 7) is 3.93. The molecule has 0 aromatic carbocycles. The Balaban J connectivity index is 2.46. The number of carbonyl (C=O) groups is 1. The summed E-state index contributed by atoms with van der Waals surface area (Å²) < 4.78 is 0. The molecule has 3 N–H and O–H groups in total. The van der Waals surface area contributed by atoms with Crippen LogP contribution in [0.5, 0.6) is 0 Å². The van der Waals surface area contributed by atoms with E-state index in [0.29, 0.717) is 18.9 Å². The van der Waals surface area contributed by atoms with E-state index in [1.807, 2.05) is 25.6 Å². The Morgan fingerprint density at radius 3 is 2.64 bits per heavy atom. The average molecular weight is 216 g/mol. The van der Waals surface area contributed by atoms with Gasteiger partial charge in [-0.1, -0.05) is 13.8 Å². The molecule has 0 saturated carbocycles. The standard InChI is InChI=1S/C10H20N2OS/c1-3-10(11,4-2)9(13)12-8-5-6-14-7-8/h8H,3-7,11H2,1-2H3,(H,12,13). The van der Waals surface area contributed by atoms with Crippen molar-refractivity contribution in [2.75, 3.05) is 11.5 Å². The van der Waals surface area contributed by atoms with Gasteiger partial charge >= 0.3 is 0 Å². The van der Waals surface area contributed by atoms with Crippen LogP contribution in [-0.4, -0.2) is 29.0 Å². The molecule has 0 aliphatic carbocycles. The van der Waals surface area contributed by atoms with Crippen LogP contribution in [0.2, 0.25) is 0 Å². The Hall–Kier alpha value is -0.220. The molecule has 1 heterocycles. The van der Waals surface area contributed by atoms with E-state index in [9.17, 15) is 4.79 Å². The lowest BCUT2D eigenvalue weighted by molar-refractivity contribution is -0.127. The first-order chi connectivity index (χ1) is 6.62.